The molecule has 1 aliphatic heterocycles. The van der Waals surface area contributed by atoms with Crippen LogP contribution in [0.15, 0.2) is 0 Å². The van der Waals surface area contributed by atoms with Crippen molar-refractivity contribution in [3.05, 3.63) is 0 Å². The molecular formula is C11H23NO2S. The predicted octanol–water partition coefficient (Wildman–Crippen LogP) is 1.30. The summed E-state index contributed by atoms with van der Waals surface area (Å²) in [5.41, 5.74) is 0. The van der Waals surface area contributed by atoms with Crippen LogP contribution in [-0.2, 0) is 9.84 Å². The van der Waals surface area contributed by atoms with Crippen molar-refractivity contribution in [3.8, 4) is 0 Å². The average molecular weight is 233 g/mol. The van der Waals surface area contributed by atoms with Crippen LogP contribution in [-0.4, -0.2) is 33.0 Å². The fourth-order valence-electron chi connectivity index (χ4n) is 2.04. The van der Waals surface area contributed by atoms with Crippen LogP contribution in [0.5, 0.6) is 0 Å². The molecule has 1 saturated heterocycles. The topological polar surface area (TPSA) is 46.2 Å². The van der Waals surface area contributed by atoms with Gasteiger partial charge in [0.15, 0.2) is 9.84 Å². The standard InChI is InChI=1S/C11H23NO2S/c1-9(2)6-12-7-10(3)11-4-5-15(13,14)8-11/h9-12H,4-8H2,1-3H3. The van der Waals surface area contributed by atoms with Gasteiger partial charge in [-0.25, -0.2) is 8.42 Å². The molecule has 0 radical (unpaired) electrons. The molecule has 1 rings (SSSR count). The second kappa shape index (κ2) is 5.30. The van der Waals surface area contributed by atoms with Crippen LogP contribution in [0.2, 0.25) is 0 Å². The Labute approximate surface area is 93.6 Å². The first-order valence-electron chi connectivity index (χ1n) is 5.82. The van der Waals surface area contributed by atoms with Crippen LogP contribution in [0.3, 0.4) is 0 Å². The van der Waals surface area contributed by atoms with Gasteiger partial charge in [-0.2, -0.15) is 0 Å². The second-order valence-electron chi connectivity index (χ2n) is 5.19. The molecule has 15 heavy (non-hydrogen) atoms. The summed E-state index contributed by atoms with van der Waals surface area (Å²) in [6, 6.07) is 0. The van der Waals surface area contributed by atoms with Crippen LogP contribution in [0.1, 0.15) is 27.2 Å². The first kappa shape index (κ1) is 13.0. The van der Waals surface area contributed by atoms with Gasteiger partial charge in [0.2, 0.25) is 0 Å². The average Bonchev–Trinajstić information content (AvgIpc) is 2.45. The van der Waals surface area contributed by atoms with E-state index in [-0.39, 0.29) is 0 Å². The maximum absolute atomic E-state index is 11.3. The van der Waals surface area contributed by atoms with Gasteiger partial charge in [0.05, 0.1) is 11.5 Å². The van der Waals surface area contributed by atoms with Gasteiger partial charge in [-0.1, -0.05) is 20.8 Å². The van der Waals surface area contributed by atoms with Crippen molar-refractivity contribution in [1.82, 2.24) is 5.32 Å². The minimum Gasteiger partial charge on any atom is -0.316 e. The van der Waals surface area contributed by atoms with Crippen molar-refractivity contribution in [3.63, 3.8) is 0 Å². The van der Waals surface area contributed by atoms with E-state index in [4.69, 9.17) is 0 Å². The first-order valence-corrected chi connectivity index (χ1v) is 7.64. The van der Waals surface area contributed by atoms with Crippen molar-refractivity contribution < 1.29 is 8.42 Å². The minimum absolute atomic E-state index is 0.370. The van der Waals surface area contributed by atoms with E-state index in [0.717, 1.165) is 19.5 Å². The highest BCUT2D eigenvalue weighted by Crippen LogP contribution is 2.25. The minimum atomic E-state index is -2.71. The fraction of sp³-hybridized carbons (Fsp3) is 1.00. The highest BCUT2D eigenvalue weighted by molar-refractivity contribution is 7.91. The van der Waals surface area contributed by atoms with Crippen molar-refractivity contribution >= 4 is 9.84 Å². The van der Waals surface area contributed by atoms with Gasteiger partial charge < -0.3 is 5.32 Å². The number of sulfone groups is 1. The smallest absolute Gasteiger partial charge is 0.150 e. The molecule has 0 bridgehead atoms. The van der Waals surface area contributed by atoms with Crippen molar-refractivity contribution in [2.24, 2.45) is 17.8 Å². The molecule has 1 fully saturated rings. The number of hydrogen-bond acceptors (Lipinski definition) is 3. The molecule has 0 aromatic carbocycles. The Hall–Kier alpha value is -0.0900. The zero-order valence-electron chi connectivity index (χ0n) is 9.99. The Balaban J connectivity index is 2.26. The Morgan fingerprint density at radius 2 is 1.93 bits per heavy atom. The lowest BCUT2D eigenvalue weighted by molar-refractivity contribution is 0.365. The maximum Gasteiger partial charge on any atom is 0.150 e. The van der Waals surface area contributed by atoms with Crippen molar-refractivity contribution in [1.29, 1.82) is 0 Å². The largest absolute Gasteiger partial charge is 0.316 e. The van der Waals surface area contributed by atoms with Crippen LogP contribution in [0, 0.1) is 17.8 Å². The lowest BCUT2D eigenvalue weighted by Gasteiger charge is -2.18. The van der Waals surface area contributed by atoms with Crippen molar-refractivity contribution in [2.45, 2.75) is 27.2 Å². The third kappa shape index (κ3) is 4.51. The normalized spacial score (nSPS) is 27.1. The Morgan fingerprint density at radius 1 is 1.27 bits per heavy atom. The Morgan fingerprint density at radius 3 is 2.40 bits per heavy atom. The molecule has 90 valence electrons. The van der Waals surface area contributed by atoms with Gasteiger partial charge in [-0.15, -0.1) is 0 Å². The summed E-state index contributed by atoms with van der Waals surface area (Å²) in [4.78, 5) is 0. The highest BCUT2D eigenvalue weighted by Gasteiger charge is 2.31. The molecule has 4 heteroatoms. The van der Waals surface area contributed by atoms with Crippen molar-refractivity contribution in [2.75, 3.05) is 24.6 Å². The summed E-state index contributed by atoms with van der Waals surface area (Å²) in [5, 5.41) is 3.39. The van der Waals surface area contributed by atoms with E-state index in [1.807, 2.05) is 0 Å². The molecule has 0 amide bonds. The van der Waals surface area contributed by atoms with Gasteiger partial charge in [0.25, 0.3) is 0 Å². The quantitative estimate of drug-likeness (QED) is 0.778. The van der Waals surface area contributed by atoms with E-state index in [1.54, 1.807) is 0 Å². The SMILES string of the molecule is CC(C)CNCC(C)C1CCS(=O)(=O)C1. The van der Waals surface area contributed by atoms with E-state index in [9.17, 15) is 8.42 Å². The lowest BCUT2D eigenvalue weighted by atomic mass is 9.93. The maximum atomic E-state index is 11.3. The number of hydrogen-bond donors (Lipinski definition) is 1. The van der Waals surface area contributed by atoms with Gasteiger partial charge in [0.1, 0.15) is 0 Å². The van der Waals surface area contributed by atoms with Crippen LogP contribution in [0.25, 0.3) is 0 Å². The lowest BCUT2D eigenvalue weighted by Crippen LogP contribution is -2.29. The van der Waals surface area contributed by atoms with Gasteiger partial charge >= 0.3 is 0 Å². The highest BCUT2D eigenvalue weighted by atomic mass is 32.2. The van der Waals surface area contributed by atoms with Gasteiger partial charge in [-0.05, 0) is 37.3 Å². The molecule has 3 nitrogen and oxygen atoms in total. The Bertz CT molecular complexity index is 285. The van der Waals surface area contributed by atoms with E-state index >= 15 is 0 Å². The summed E-state index contributed by atoms with van der Waals surface area (Å²) in [5.74, 6) is 2.30. The number of nitrogens with one attached hydrogen (secondary N) is 1. The van der Waals surface area contributed by atoms with Gasteiger partial charge in [-0.3, -0.25) is 0 Å². The molecule has 2 unspecified atom stereocenters. The fourth-order valence-corrected chi connectivity index (χ4v) is 4.01. The molecule has 0 saturated carbocycles. The van der Waals surface area contributed by atoms with E-state index in [0.29, 0.717) is 29.3 Å². The van der Waals surface area contributed by atoms with Gasteiger partial charge in [0, 0.05) is 0 Å². The van der Waals surface area contributed by atoms with Crippen LogP contribution in [0.4, 0.5) is 0 Å². The van der Waals surface area contributed by atoms with E-state index in [2.05, 4.69) is 26.1 Å². The summed E-state index contributed by atoms with van der Waals surface area (Å²) in [6.45, 7) is 8.47. The summed E-state index contributed by atoms with van der Waals surface area (Å²) >= 11 is 0. The molecule has 2 atom stereocenters. The molecule has 1 N–H and O–H groups in total. The molecule has 0 aromatic rings. The molecule has 0 spiro atoms. The summed E-state index contributed by atoms with van der Waals surface area (Å²) in [6.07, 6.45) is 0.854. The summed E-state index contributed by atoms with van der Waals surface area (Å²) in [7, 11) is -2.71. The first-order chi connectivity index (χ1) is 6.91. The predicted molar refractivity (Wildman–Crippen MR) is 63.6 cm³/mol. The molecule has 0 aliphatic carbocycles. The zero-order chi connectivity index (χ0) is 11.5. The summed E-state index contributed by atoms with van der Waals surface area (Å²) < 4.78 is 22.6. The third-order valence-corrected chi connectivity index (χ3v) is 4.89. The van der Waals surface area contributed by atoms with Crippen LogP contribution >= 0.6 is 0 Å². The van der Waals surface area contributed by atoms with E-state index < -0.39 is 9.84 Å². The second-order valence-corrected chi connectivity index (χ2v) is 7.42. The molecule has 1 heterocycles. The van der Waals surface area contributed by atoms with Crippen LogP contribution < -0.4 is 5.32 Å². The number of rotatable bonds is 5. The molecule has 1 aliphatic rings. The van der Waals surface area contributed by atoms with E-state index in [1.165, 1.54) is 0 Å². The zero-order valence-corrected chi connectivity index (χ0v) is 10.8. The molecule has 0 aromatic heterocycles. The molecular weight excluding hydrogens is 210 g/mol. The Kier molecular flexibility index (Phi) is 4.59. The monoisotopic (exact) mass is 233 g/mol. The third-order valence-electron chi connectivity index (χ3n) is 3.09.